The van der Waals surface area contributed by atoms with Crippen LogP contribution in [-0.2, 0) is 6.54 Å². The first-order valence-corrected chi connectivity index (χ1v) is 6.62. The maximum atomic E-state index is 11.2. The van der Waals surface area contributed by atoms with Crippen molar-refractivity contribution in [1.82, 2.24) is 9.78 Å². The summed E-state index contributed by atoms with van der Waals surface area (Å²) in [7, 11) is 0. The molecule has 0 bridgehead atoms. The number of carbonyl (C=O) groups excluding carboxylic acids is 1. The zero-order valence-corrected chi connectivity index (χ0v) is 12.0. The number of hydrogen-bond donors (Lipinski definition) is 0. The SMILES string of the molecule is Cc1cccc(-c2nn(CC(C)C)cc2C=O)c1C. The van der Waals surface area contributed by atoms with Crippen molar-refractivity contribution in [2.45, 2.75) is 34.2 Å². The van der Waals surface area contributed by atoms with Crippen molar-refractivity contribution < 1.29 is 4.79 Å². The highest BCUT2D eigenvalue weighted by Gasteiger charge is 2.13. The molecule has 1 aromatic carbocycles. The fourth-order valence-electron chi connectivity index (χ4n) is 2.21. The maximum Gasteiger partial charge on any atom is 0.153 e. The molecule has 0 aliphatic rings. The first-order valence-electron chi connectivity index (χ1n) is 6.62. The predicted octanol–water partition coefficient (Wildman–Crippen LogP) is 3.64. The fraction of sp³-hybridized carbons (Fsp3) is 0.375. The summed E-state index contributed by atoms with van der Waals surface area (Å²) < 4.78 is 1.87. The van der Waals surface area contributed by atoms with E-state index < -0.39 is 0 Å². The topological polar surface area (TPSA) is 34.9 Å². The Balaban J connectivity index is 2.52. The van der Waals surface area contributed by atoms with Gasteiger partial charge in [-0.25, -0.2) is 0 Å². The lowest BCUT2D eigenvalue weighted by atomic mass is 9.99. The van der Waals surface area contributed by atoms with Crippen molar-refractivity contribution in [1.29, 1.82) is 0 Å². The van der Waals surface area contributed by atoms with E-state index in [-0.39, 0.29) is 0 Å². The molecule has 2 rings (SSSR count). The smallest absolute Gasteiger partial charge is 0.153 e. The van der Waals surface area contributed by atoms with E-state index in [1.807, 2.05) is 23.0 Å². The van der Waals surface area contributed by atoms with Crippen LogP contribution in [0.4, 0.5) is 0 Å². The fourth-order valence-corrected chi connectivity index (χ4v) is 2.21. The number of aryl methyl sites for hydroxylation is 1. The van der Waals surface area contributed by atoms with Gasteiger partial charge in [0.2, 0.25) is 0 Å². The van der Waals surface area contributed by atoms with Crippen LogP contribution in [0, 0.1) is 19.8 Å². The third kappa shape index (κ3) is 2.75. The maximum absolute atomic E-state index is 11.2. The summed E-state index contributed by atoms with van der Waals surface area (Å²) in [5, 5.41) is 4.58. The average Bonchev–Trinajstić information content (AvgIpc) is 2.74. The second-order valence-electron chi connectivity index (χ2n) is 5.41. The molecule has 0 saturated heterocycles. The number of rotatable bonds is 4. The number of aldehydes is 1. The molecule has 0 N–H and O–H groups in total. The molecule has 0 radical (unpaired) electrons. The normalized spacial score (nSPS) is 11.0. The van der Waals surface area contributed by atoms with Gasteiger partial charge in [0.1, 0.15) is 5.69 Å². The lowest BCUT2D eigenvalue weighted by Gasteiger charge is -2.07. The van der Waals surface area contributed by atoms with E-state index in [4.69, 9.17) is 0 Å². The Kier molecular flexibility index (Phi) is 3.84. The van der Waals surface area contributed by atoms with Gasteiger partial charge >= 0.3 is 0 Å². The minimum absolute atomic E-state index is 0.505. The minimum Gasteiger partial charge on any atom is -0.298 e. The van der Waals surface area contributed by atoms with Crippen LogP contribution in [0.5, 0.6) is 0 Å². The van der Waals surface area contributed by atoms with Crippen molar-refractivity contribution in [3.63, 3.8) is 0 Å². The van der Waals surface area contributed by atoms with Crippen LogP contribution in [0.2, 0.25) is 0 Å². The molecule has 0 unspecified atom stereocenters. The highest BCUT2D eigenvalue weighted by atomic mass is 16.1. The van der Waals surface area contributed by atoms with Crippen LogP contribution in [0.1, 0.15) is 35.3 Å². The molecule has 2 aromatic rings. The third-order valence-electron chi connectivity index (χ3n) is 3.33. The van der Waals surface area contributed by atoms with Gasteiger partial charge < -0.3 is 0 Å². The Hall–Kier alpha value is -1.90. The first-order chi connectivity index (χ1) is 9.02. The van der Waals surface area contributed by atoms with Crippen LogP contribution in [-0.4, -0.2) is 16.1 Å². The molecule has 19 heavy (non-hydrogen) atoms. The van der Waals surface area contributed by atoms with E-state index in [9.17, 15) is 4.79 Å². The number of aromatic nitrogens is 2. The summed E-state index contributed by atoms with van der Waals surface area (Å²) >= 11 is 0. The lowest BCUT2D eigenvalue weighted by Crippen LogP contribution is -2.04. The highest BCUT2D eigenvalue weighted by Crippen LogP contribution is 2.26. The van der Waals surface area contributed by atoms with Gasteiger partial charge in [-0.15, -0.1) is 0 Å². The van der Waals surface area contributed by atoms with Crippen molar-refractivity contribution in [3.05, 3.63) is 41.1 Å². The molecule has 3 heteroatoms. The summed E-state index contributed by atoms with van der Waals surface area (Å²) in [6.45, 7) is 9.25. The van der Waals surface area contributed by atoms with Crippen LogP contribution in [0.25, 0.3) is 11.3 Å². The molecule has 0 fully saturated rings. The summed E-state index contributed by atoms with van der Waals surface area (Å²) in [5.41, 5.74) is 4.89. The summed E-state index contributed by atoms with van der Waals surface area (Å²) in [6, 6.07) is 6.11. The molecule has 0 aliphatic heterocycles. The number of hydrogen-bond acceptors (Lipinski definition) is 2. The number of nitrogens with zero attached hydrogens (tertiary/aromatic N) is 2. The van der Waals surface area contributed by atoms with E-state index >= 15 is 0 Å². The van der Waals surface area contributed by atoms with Gasteiger partial charge in [0.15, 0.2) is 6.29 Å². The minimum atomic E-state index is 0.505. The van der Waals surface area contributed by atoms with Crippen LogP contribution in [0.15, 0.2) is 24.4 Å². The molecule has 1 aromatic heterocycles. The van der Waals surface area contributed by atoms with E-state index in [1.165, 1.54) is 11.1 Å². The zero-order chi connectivity index (χ0) is 14.0. The van der Waals surface area contributed by atoms with Crippen molar-refractivity contribution in [3.8, 4) is 11.3 Å². The van der Waals surface area contributed by atoms with E-state index in [0.717, 1.165) is 24.1 Å². The van der Waals surface area contributed by atoms with E-state index in [1.54, 1.807) is 0 Å². The quantitative estimate of drug-likeness (QED) is 0.783. The summed E-state index contributed by atoms with van der Waals surface area (Å²) in [6.07, 6.45) is 2.73. The first kappa shape index (κ1) is 13.5. The Morgan fingerprint density at radius 3 is 2.68 bits per heavy atom. The van der Waals surface area contributed by atoms with Gasteiger partial charge in [-0.3, -0.25) is 9.48 Å². The Labute approximate surface area is 114 Å². The number of benzene rings is 1. The molecular formula is C16H20N2O. The molecule has 3 nitrogen and oxygen atoms in total. The van der Waals surface area contributed by atoms with Crippen molar-refractivity contribution in [2.75, 3.05) is 0 Å². The van der Waals surface area contributed by atoms with Gasteiger partial charge in [0.05, 0.1) is 5.56 Å². The van der Waals surface area contributed by atoms with E-state index in [0.29, 0.717) is 11.5 Å². The zero-order valence-electron chi connectivity index (χ0n) is 12.0. The molecule has 0 amide bonds. The second kappa shape index (κ2) is 5.39. The summed E-state index contributed by atoms with van der Waals surface area (Å²) in [5.74, 6) is 0.505. The molecule has 0 saturated carbocycles. The molecule has 1 heterocycles. The van der Waals surface area contributed by atoms with Gasteiger partial charge in [-0.2, -0.15) is 5.10 Å². The van der Waals surface area contributed by atoms with Crippen molar-refractivity contribution in [2.24, 2.45) is 5.92 Å². The van der Waals surface area contributed by atoms with Gasteiger partial charge in [-0.1, -0.05) is 32.0 Å². The molecule has 0 aliphatic carbocycles. The molecule has 100 valence electrons. The Morgan fingerprint density at radius 1 is 1.32 bits per heavy atom. The molecule has 0 spiro atoms. The van der Waals surface area contributed by atoms with Crippen molar-refractivity contribution >= 4 is 6.29 Å². The number of carbonyl (C=O) groups is 1. The largest absolute Gasteiger partial charge is 0.298 e. The standard InChI is InChI=1S/C16H20N2O/c1-11(2)8-18-9-14(10-19)16(17-18)15-7-5-6-12(3)13(15)4/h5-7,9-11H,8H2,1-4H3. The van der Waals surface area contributed by atoms with Crippen LogP contribution < -0.4 is 0 Å². The second-order valence-corrected chi connectivity index (χ2v) is 5.41. The highest BCUT2D eigenvalue weighted by molar-refractivity contribution is 5.86. The van der Waals surface area contributed by atoms with Gasteiger partial charge in [0.25, 0.3) is 0 Å². The molecule has 0 atom stereocenters. The third-order valence-corrected chi connectivity index (χ3v) is 3.33. The summed E-state index contributed by atoms with van der Waals surface area (Å²) in [4.78, 5) is 11.2. The van der Waals surface area contributed by atoms with Gasteiger partial charge in [-0.05, 0) is 30.9 Å². The monoisotopic (exact) mass is 256 g/mol. The van der Waals surface area contributed by atoms with Gasteiger partial charge in [0, 0.05) is 18.3 Å². The Morgan fingerprint density at radius 2 is 2.05 bits per heavy atom. The predicted molar refractivity (Wildman–Crippen MR) is 77.4 cm³/mol. The van der Waals surface area contributed by atoms with Crippen LogP contribution >= 0.6 is 0 Å². The Bertz CT molecular complexity index is 597. The molecular weight excluding hydrogens is 236 g/mol. The lowest BCUT2D eigenvalue weighted by molar-refractivity contribution is 0.112. The van der Waals surface area contributed by atoms with E-state index in [2.05, 4.69) is 38.9 Å². The van der Waals surface area contributed by atoms with Crippen LogP contribution in [0.3, 0.4) is 0 Å². The average molecular weight is 256 g/mol.